The van der Waals surface area contributed by atoms with Gasteiger partial charge in [0.05, 0.1) is 32.3 Å². The molecule has 0 aromatic heterocycles. The van der Waals surface area contributed by atoms with Crippen molar-refractivity contribution < 1.29 is 13.8 Å². The molecule has 0 aliphatic carbocycles. The van der Waals surface area contributed by atoms with Gasteiger partial charge >= 0.3 is 0 Å². The second-order valence-corrected chi connectivity index (χ2v) is 5.02. The maximum Gasteiger partial charge on any atom is 0.256 e. The molecule has 1 unspecified atom stereocenters. The van der Waals surface area contributed by atoms with Crippen molar-refractivity contribution in [3.05, 3.63) is 0 Å². The Morgan fingerprint density at radius 2 is 1.88 bits per heavy atom. The van der Waals surface area contributed by atoms with Gasteiger partial charge in [0, 0.05) is 12.6 Å². The fraction of sp³-hybridized carbons (Fsp3) is 0.909. The normalized spacial score (nSPS) is 12.6. The molecule has 0 radical (unpaired) electrons. The molecule has 1 atom stereocenters. The fourth-order valence-electron chi connectivity index (χ4n) is 0.922. The third-order valence-electron chi connectivity index (χ3n) is 1.57. The molecule has 0 aromatic rings. The van der Waals surface area contributed by atoms with E-state index in [1.165, 1.54) is 0 Å². The second kappa shape index (κ2) is 12.2. The molecule has 0 spiro atoms. The lowest BCUT2D eigenvalue weighted by Gasteiger charge is -2.19. The van der Waals surface area contributed by atoms with Crippen molar-refractivity contribution in [3.8, 4) is 6.07 Å². The van der Waals surface area contributed by atoms with E-state index >= 15 is 0 Å². The molecule has 0 saturated heterocycles. The summed E-state index contributed by atoms with van der Waals surface area (Å²) < 4.78 is 16.3. The van der Waals surface area contributed by atoms with Crippen LogP contribution in [-0.4, -0.2) is 32.5 Å². The summed E-state index contributed by atoms with van der Waals surface area (Å²) in [5, 5.41) is 11.6. The van der Waals surface area contributed by atoms with Crippen LogP contribution in [-0.2, 0) is 13.8 Å². The fourth-order valence-corrected chi connectivity index (χ4v) is 2.07. The van der Waals surface area contributed by atoms with Crippen LogP contribution in [0, 0.1) is 11.3 Å². The predicted molar refractivity (Wildman–Crippen MR) is 68.4 cm³/mol. The maximum absolute atomic E-state index is 8.43. The molecule has 0 saturated carbocycles. The van der Waals surface area contributed by atoms with Gasteiger partial charge in [0.1, 0.15) is 0 Å². The van der Waals surface area contributed by atoms with Crippen LogP contribution >= 0.6 is 8.53 Å². The van der Waals surface area contributed by atoms with E-state index in [-0.39, 0.29) is 0 Å². The van der Waals surface area contributed by atoms with Crippen LogP contribution in [0.25, 0.3) is 0 Å². The van der Waals surface area contributed by atoms with Crippen molar-refractivity contribution in [2.75, 3.05) is 26.4 Å². The third kappa shape index (κ3) is 12.0. The number of hydrogen-bond donors (Lipinski definition) is 1. The lowest BCUT2D eigenvalue weighted by Crippen LogP contribution is -2.20. The highest BCUT2D eigenvalue weighted by Crippen LogP contribution is 2.33. The Balaban J connectivity index is 3.65. The minimum atomic E-state index is -1.11. The van der Waals surface area contributed by atoms with Crippen LogP contribution < -0.4 is 5.09 Å². The number of nitrogens with zero attached hydrogens (tertiary/aromatic N) is 1. The molecule has 5 nitrogen and oxygen atoms in total. The summed E-state index contributed by atoms with van der Waals surface area (Å²) in [6, 6.07) is 2.33. The highest BCUT2D eigenvalue weighted by Gasteiger charge is 2.11. The van der Waals surface area contributed by atoms with E-state index in [4.69, 9.17) is 19.0 Å². The number of rotatable bonds is 11. The van der Waals surface area contributed by atoms with Crippen LogP contribution in [0.5, 0.6) is 0 Å². The zero-order chi connectivity index (χ0) is 12.9. The van der Waals surface area contributed by atoms with E-state index in [0.717, 1.165) is 13.0 Å². The first-order valence-corrected chi connectivity index (χ1v) is 7.15. The zero-order valence-corrected chi connectivity index (χ0v) is 11.8. The lowest BCUT2D eigenvalue weighted by atomic mass is 10.4. The van der Waals surface area contributed by atoms with E-state index < -0.39 is 8.53 Å². The monoisotopic (exact) mass is 262 g/mol. The average molecular weight is 262 g/mol. The average Bonchev–Trinajstić information content (AvgIpc) is 2.28. The first-order chi connectivity index (χ1) is 8.20. The number of ether oxygens (including phenoxy) is 1. The predicted octanol–water partition coefficient (Wildman–Crippen LogP) is 2.58. The molecule has 6 heteroatoms. The molecule has 0 aliphatic rings. The summed E-state index contributed by atoms with van der Waals surface area (Å²) in [6.07, 6.45) is 1.39. The summed E-state index contributed by atoms with van der Waals surface area (Å²) in [6.45, 7) is 8.37. The Labute approximate surface area is 105 Å². The standard InChI is InChI=1S/C11H23N2O3P/c1-4-7-14-9-10-16-17(13-11(2)3)15-8-5-6-12/h11,13H,4-5,7-10H2,1-3H3. The van der Waals surface area contributed by atoms with Crippen LogP contribution in [0.2, 0.25) is 0 Å². The summed E-state index contributed by atoms with van der Waals surface area (Å²) in [7, 11) is -1.11. The largest absolute Gasteiger partial charge is 0.379 e. The first kappa shape index (κ1) is 16.8. The Morgan fingerprint density at radius 1 is 1.18 bits per heavy atom. The number of nitrogens with one attached hydrogen (secondary N) is 1. The van der Waals surface area contributed by atoms with E-state index in [2.05, 4.69) is 12.0 Å². The van der Waals surface area contributed by atoms with E-state index in [0.29, 0.717) is 32.3 Å². The number of nitriles is 1. The molecule has 17 heavy (non-hydrogen) atoms. The van der Waals surface area contributed by atoms with Gasteiger partial charge in [0.15, 0.2) is 0 Å². The van der Waals surface area contributed by atoms with Crippen LogP contribution in [0.15, 0.2) is 0 Å². The quantitative estimate of drug-likeness (QED) is 0.458. The van der Waals surface area contributed by atoms with Gasteiger partial charge in [-0.25, -0.2) is 5.09 Å². The lowest BCUT2D eigenvalue weighted by molar-refractivity contribution is 0.0969. The molecule has 0 heterocycles. The van der Waals surface area contributed by atoms with Crippen LogP contribution in [0.4, 0.5) is 0 Å². The summed E-state index contributed by atoms with van der Waals surface area (Å²) in [5.74, 6) is 0. The third-order valence-corrected chi connectivity index (χ3v) is 3.13. The van der Waals surface area contributed by atoms with Crippen molar-refractivity contribution in [3.63, 3.8) is 0 Å². The highest BCUT2D eigenvalue weighted by molar-refractivity contribution is 7.44. The van der Waals surface area contributed by atoms with Gasteiger partial charge in [-0.1, -0.05) is 6.92 Å². The molecule has 1 N–H and O–H groups in total. The van der Waals surface area contributed by atoms with Crippen molar-refractivity contribution in [2.24, 2.45) is 0 Å². The van der Waals surface area contributed by atoms with Crippen molar-refractivity contribution in [1.29, 1.82) is 5.26 Å². The smallest absolute Gasteiger partial charge is 0.256 e. The Kier molecular flexibility index (Phi) is 12.1. The van der Waals surface area contributed by atoms with Crippen molar-refractivity contribution in [2.45, 2.75) is 39.7 Å². The van der Waals surface area contributed by atoms with Gasteiger partial charge in [-0.15, -0.1) is 0 Å². The number of hydrogen-bond acceptors (Lipinski definition) is 5. The first-order valence-electron chi connectivity index (χ1n) is 5.97. The van der Waals surface area contributed by atoms with Crippen molar-refractivity contribution >= 4 is 8.53 Å². The summed E-state index contributed by atoms with van der Waals surface area (Å²) >= 11 is 0. The van der Waals surface area contributed by atoms with Gasteiger partial charge < -0.3 is 13.8 Å². The van der Waals surface area contributed by atoms with Gasteiger partial charge in [0.25, 0.3) is 8.53 Å². The van der Waals surface area contributed by atoms with Crippen LogP contribution in [0.3, 0.4) is 0 Å². The van der Waals surface area contributed by atoms with Crippen LogP contribution in [0.1, 0.15) is 33.6 Å². The van der Waals surface area contributed by atoms with Gasteiger partial charge in [0.2, 0.25) is 0 Å². The van der Waals surface area contributed by atoms with E-state index in [1.54, 1.807) is 0 Å². The molecule has 0 fully saturated rings. The van der Waals surface area contributed by atoms with Crippen molar-refractivity contribution in [1.82, 2.24) is 5.09 Å². The zero-order valence-electron chi connectivity index (χ0n) is 10.9. The molecule has 0 aromatic carbocycles. The second-order valence-electron chi connectivity index (χ2n) is 3.73. The SMILES string of the molecule is CCCOCCOP(NC(C)C)OCCC#N. The molecule has 0 aliphatic heterocycles. The molecule has 0 rings (SSSR count). The van der Waals surface area contributed by atoms with Gasteiger partial charge in [-0.3, -0.25) is 0 Å². The topological polar surface area (TPSA) is 63.5 Å². The van der Waals surface area contributed by atoms with Gasteiger partial charge in [-0.2, -0.15) is 5.26 Å². The Morgan fingerprint density at radius 3 is 2.47 bits per heavy atom. The highest BCUT2D eigenvalue weighted by atomic mass is 31.2. The summed E-state index contributed by atoms with van der Waals surface area (Å²) in [4.78, 5) is 0. The van der Waals surface area contributed by atoms with E-state index in [1.807, 2.05) is 19.9 Å². The Bertz CT molecular complexity index is 209. The minimum Gasteiger partial charge on any atom is -0.379 e. The molecule has 0 amide bonds. The molecular formula is C11H23N2O3P. The molecule has 100 valence electrons. The molecule has 0 bridgehead atoms. The van der Waals surface area contributed by atoms with Gasteiger partial charge in [-0.05, 0) is 20.3 Å². The molecular weight excluding hydrogens is 239 g/mol. The summed E-state index contributed by atoms with van der Waals surface area (Å²) in [5.41, 5.74) is 0. The minimum absolute atomic E-state index is 0.291. The van der Waals surface area contributed by atoms with E-state index in [9.17, 15) is 0 Å². The maximum atomic E-state index is 8.43. The Hall–Kier alpha value is -0.240.